The van der Waals surface area contributed by atoms with E-state index >= 15 is 0 Å². The predicted molar refractivity (Wildman–Crippen MR) is 75.7 cm³/mol. The number of hydrogen-bond donors (Lipinski definition) is 1. The minimum atomic E-state index is -0.103. The number of likely N-dealkylation sites (tertiary alicyclic amines) is 1. The molecule has 0 radical (unpaired) electrons. The summed E-state index contributed by atoms with van der Waals surface area (Å²) < 4.78 is 13.2. The summed E-state index contributed by atoms with van der Waals surface area (Å²) in [5, 5.41) is 3.69. The van der Waals surface area contributed by atoms with Crippen LogP contribution in [0.15, 0.2) is 18.2 Å². The number of hydrogen-bond acceptors (Lipinski definition) is 2. The number of nitrogens with zero attached hydrogens (tertiary/aromatic N) is 1. The van der Waals surface area contributed by atoms with Crippen molar-refractivity contribution in [3.8, 4) is 0 Å². The predicted octanol–water partition coefficient (Wildman–Crippen LogP) is 2.74. The van der Waals surface area contributed by atoms with Gasteiger partial charge in [-0.1, -0.05) is 13.0 Å². The summed E-state index contributed by atoms with van der Waals surface area (Å²) in [6.07, 6.45) is 3.43. The van der Waals surface area contributed by atoms with E-state index in [0.717, 1.165) is 25.3 Å². The number of nitrogens with one attached hydrogen (secondary N) is 1. The summed E-state index contributed by atoms with van der Waals surface area (Å²) in [7, 11) is 0. The standard InChI is InChI=1S/C16H23FN2/c1-2-19-8-7-12(11-19)10-18-16-6-3-13-9-14(17)4-5-15(13)16/h4-5,9,12,16,18H,2-3,6-8,10-11H2,1H3. The summed E-state index contributed by atoms with van der Waals surface area (Å²) in [5.41, 5.74) is 2.51. The maximum Gasteiger partial charge on any atom is 0.123 e. The number of aryl methyl sites for hydroxylation is 1. The first-order chi connectivity index (χ1) is 9.26. The van der Waals surface area contributed by atoms with E-state index in [4.69, 9.17) is 0 Å². The lowest BCUT2D eigenvalue weighted by molar-refractivity contribution is 0.335. The molecule has 1 N–H and O–H groups in total. The van der Waals surface area contributed by atoms with Gasteiger partial charge >= 0.3 is 0 Å². The van der Waals surface area contributed by atoms with Gasteiger partial charge in [0.2, 0.25) is 0 Å². The molecule has 1 heterocycles. The number of halogens is 1. The molecule has 1 saturated heterocycles. The van der Waals surface area contributed by atoms with Gasteiger partial charge in [0.25, 0.3) is 0 Å². The Bertz CT molecular complexity index is 446. The molecule has 2 unspecified atom stereocenters. The molecule has 104 valence electrons. The third-order valence-corrected chi connectivity index (χ3v) is 4.65. The number of rotatable bonds is 4. The molecule has 0 aromatic heterocycles. The summed E-state index contributed by atoms with van der Waals surface area (Å²) in [4.78, 5) is 2.52. The lowest BCUT2D eigenvalue weighted by atomic mass is 10.1. The maximum absolute atomic E-state index is 13.2. The highest BCUT2D eigenvalue weighted by Gasteiger charge is 2.25. The number of fused-ring (bicyclic) bond motifs is 1. The highest BCUT2D eigenvalue weighted by Crippen LogP contribution is 2.31. The second-order valence-corrected chi connectivity index (χ2v) is 5.89. The molecule has 3 rings (SSSR count). The second kappa shape index (κ2) is 5.59. The molecule has 19 heavy (non-hydrogen) atoms. The molecule has 1 aromatic rings. The Morgan fingerprint density at radius 2 is 2.26 bits per heavy atom. The maximum atomic E-state index is 13.2. The van der Waals surface area contributed by atoms with Crippen molar-refractivity contribution in [2.45, 2.75) is 32.2 Å². The van der Waals surface area contributed by atoms with Crippen molar-refractivity contribution in [2.75, 3.05) is 26.2 Å². The van der Waals surface area contributed by atoms with Gasteiger partial charge in [-0.15, -0.1) is 0 Å². The summed E-state index contributed by atoms with van der Waals surface area (Å²) in [6.45, 7) is 6.97. The minimum absolute atomic E-state index is 0.103. The van der Waals surface area contributed by atoms with Crippen LogP contribution in [-0.2, 0) is 6.42 Å². The smallest absolute Gasteiger partial charge is 0.123 e. The topological polar surface area (TPSA) is 15.3 Å². The second-order valence-electron chi connectivity index (χ2n) is 5.89. The molecular weight excluding hydrogens is 239 g/mol. The van der Waals surface area contributed by atoms with Crippen molar-refractivity contribution in [1.29, 1.82) is 0 Å². The van der Waals surface area contributed by atoms with E-state index in [-0.39, 0.29) is 5.82 Å². The monoisotopic (exact) mass is 262 g/mol. The normalized spacial score (nSPS) is 26.8. The average Bonchev–Trinajstić information content (AvgIpc) is 3.02. The Morgan fingerprint density at radius 1 is 1.37 bits per heavy atom. The van der Waals surface area contributed by atoms with Gasteiger partial charge in [-0.2, -0.15) is 0 Å². The van der Waals surface area contributed by atoms with E-state index in [2.05, 4.69) is 17.1 Å². The zero-order valence-electron chi connectivity index (χ0n) is 11.7. The van der Waals surface area contributed by atoms with E-state index in [9.17, 15) is 4.39 Å². The fourth-order valence-electron chi connectivity index (χ4n) is 3.47. The largest absolute Gasteiger partial charge is 0.310 e. The van der Waals surface area contributed by atoms with Crippen LogP contribution in [0.3, 0.4) is 0 Å². The molecule has 2 aliphatic rings. The SMILES string of the molecule is CCN1CCC(CNC2CCc3cc(F)ccc32)C1. The summed E-state index contributed by atoms with van der Waals surface area (Å²) in [6, 6.07) is 5.69. The van der Waals surface area contributed by atoms with Gasteiger partial charge < -0.3 is 10.2 Å². The zero-order valence-corrected chi connectivity index (χ0v) is 11.7. The van der Waals surface area contributed by atoms with Gasteiger partial charge in [0.05, 0.1) is 0 Å². The van der Waals surface area contributed by atoms with Crippen LogP contribution in [0.25, 0.3) is 0 Å². The molecule has 0 bridgehead atoms. The van der Waals surface area contributed by atoms with Crippen molar-refractivity contribution in [1.82, 2.24) is 10.2 Å². The zero-order chi connectivity index (χ0) is 13.2. The first kappa shape index (κ1) is 13.1. The molecule has 0 saturated carbocycles. The van der Waals surface area contributed by atoms with Crippen LogP contribution < -0.4 is 5.32 Å². The first-order valence-electron chi connectivity index (χ1n) is 7.50. The highest BCUT2D eigenvalue weighted by molar-refractivity contribution is 5.34. The van der Waals surface area contributed by atoms with E-state index in [1.165, 1.54) is 37.2 Å². The van der Waals surface area contributed by atoms with E-state index in [1.807, 2.05) is 6.07 Å². The van der Waals surface area contributed by atoms with Crippen LogP contribution in [0.5, 0.6) is 0 Å². The van der Waals surface area contributed by atoms with E-state index in [0.29, 0.717) is 6.04 Å². The molecule has 0 amide bonds. The van der Waals surface area contributed by atoms with Crippen LogP contribution in [0.2, 0.25) is 0 Å². The van der Waals surface area contributed by atoms with E-state index in [1.54, 1.807) is 12.1 Å². The molecule has 1 aliphatic heterocycles. The fourth-order valence-corrected chi connectivity index (χ4v) is 3.47. The molecule has 2 atom stereocenters. The minimum Gasteiger partial charge on any atom is -0.310 e. The quantitative estimate of drug-likeness (QED) is 0.897. The van der Waals surface area contributed by atoms with Crippen molar-refractivity contribution >= 4 is 0 Å². The Labute approximate surface area is 115 Å². The Kier molecular flexibility index (Phi) is 3.85. The molecule has 1 aromatic carbocycles. The Hall–Kier alpha value is -0.930. The van der Waals surface area contributed by atoms with E-state index < -0.39 is 0 Å². The third-order valence-electron chi connectivity index (χ3n) is 4.65. The molecule has 2 nitrogen and oxygen atoms in total. The van der Waals surface area contributed by atoms with Crippen molar-refractivity contribution in [3.05, 3.63) is 35.1 Å². The first-order valence-corrected chi connectivity index (χ1v) is 7.50. The lowest BCUT2D eigenvalue weighted by Crippen LogP contribution is -2.28. The van der Waals surface area contributed by atoms with Gasteiger partial charge in [-0.3, -0.25) is 0 Å². The number of benzene rings is 1. The molecule has 1 fully saturated rings. The van der Waals surface area contributed by atoms with Crippen molar-refractivity contribution in [2.24, 2.45) is 5.92 Å². The Morgan fingerprint density at radius 3 is 3.05 bits per heavy atom. The van der Waals surface area contributed by atoms with Crippen LogP contribution in [0.4, 0.5) is 4.39 Å². The van der Waals surface area contributed by atoms with Crippen LogP contribution in [-0.4, -0.2) is 31.1 Å². The molecule has 1 aliphatic carbocycles. The van der Waals surface area contributed by atoms with Crippen LogP contribution in [0.1, 0.15) is 36.9 Å². The van der Waals surface area contributed by atoms with Gasteiger partial charge in [-0.05, 0) is 68.1 Å². The van der Waals surface area contributed by atoms with Crippen molar-refractivity contribution < 1.29 is 4.39 Å². The van der Waals surface area contributed by atoms with Crippen molar-refractivity contribution in [3.63, 3.8) is 0 Å². The van der Waals surface area contributed by atoms with Gasteiger partial charge in [0.1, 0.15) is 5.82 Å². The summed E-state index contributed by atoms with van der Waals surface area (Å²) in [5.74, 6) is 0.679. The van der Waals surface area contributed by atoms with Crippen LogP contribution in [0, 0.1) is 11.7 Å². The van der Waals surface area contributed by atoms with Gasteiger partial charge in [0.15, 0.2) is 0 Å². The third kappa shape index (κ3) is 2.82. The fraction of sp³-hybridized carbons (Fsp3) is 0.625. The Balaban J connectivity index is 1.55. The van der Waals surface area contributed by atoms with Gasteiger partial charge in [0, 0.05) is 12.6 Å². The molecule has 3 heteroatoms. The van der Waals surface area contributed by atoms with Gasteiger partial charge in [-0.25, -0.2) is 4.39 Å². The lowest BCUT2D eigenvalue weighted by Gasteiger charge is -2.18. The van der Waals surface area contributed by atoms with Crippen LogP contribution >= 0.6 is 0 Å². The molecular formula is C16H23FN2. The summed E-state index contributed by atoms with van der Waals surface area (Å²) >= 11 is 0. The average molecular weight is 262 g/mol. The highest BCUT2D eigenvalue weighted by atomic mass is 19.1. The molecule has 0 spiro atoms.